The minimum absolute atomic E-state index is 1.28. The van der Waals surface area contributed by atoms with Crippen molar-refractivity contribution in [3.05, 3.63) is 0 Å². The van der Waals surface area contributed by atoms with Gasteiger partial charge in [0.15, 0.2) is 0 Å². The quantitative estimate of drug-likeness (QED) is 0.249. The van der Waals surface area contributed by atoms with Crippen LogP contribution in [0.25, 0.3) is 0 Å². The Morgan fingerprint density at radius 1 is 2.00 bits per heavy atom. The van der Waals surface area contributed by atoms with Gasteiger partial charge in [0.2, 0.25) is 0 Å². The number of rotatable bonds is 0. The van der Waals surface area contributed by atoms with Gasteiger partial charge in [0.25, 0.3) is 0 Å². The molecule has 4 heavy (non-hydrogen) atoms. The van der Waals surface area contributed by atoms with Crippen LogP contribution in [-0.4, -0.2) is 9.43 Å². The van der Waals surface area contributed by atoms with Gasteiger partial charge in [0, 0.05) is 0 Å². The van der Waals surface area contributed by atoms with E-state index < -0.39 is 0 Å². The number of halogens is 1. The summed E-state index contributed by atoms with van der Waals surface area (Å²) in [7, 11) is 0. The molecule has 0 aliphatic carbocycles. The zero-order chi connectivity index (χ0) is 3.41. The van der Waals surface area contributed by atoms with Gasteiger partial charge in [-0.15, -0.1) is 0 Å². The standard InChI is InChI=1S/CH2INO/c2-1-3-4/h1,4H/b3-1+. The molecule has 24 valence electrons. The molecule has 0 saturated carbocycles. The van der Waals surface area contributed by atoms with Gasteiger partial charge in [0.1, 0.15) is 4.22 Å². The van der Waals surface area contributed by atoms with E-state index >= 15 is 0 Å². The van der Waals surface area contributed by atoms with Crippen LogP contribution in [0.1, 0.15) is 0 Å². The highest BCUT2D eigenvalue weighted by Gasteiger charge is 1.37. The summed E-state index contributed by atoms with van der Waals surface area (Å²) in [6, 6.07) is 0. The molecule has 2 nitrogen and oxygen atoms in total. The van der Waals surface area contributed by atoms with Crippen molar-refractivity contribution in [2.45, 2.75) is 0 Å². The molecule has 0 aliphatic rings. The predicted octanol–water partition coefficient (Wildman–Crippen LogP) is 0.839. The molecular formula is CH2INO. The van der Waals surface area contributed by atoms with E-state index in [1.807, 2.05) is 22.6 Å². The monoisotopic (exact) mass is 171 g/mol. The third-order valence-corrected chi connectivity index (χ3v) is 0.293. The second kappa shape index (κ2) is 3.20. The molecule has 0 unspecified atom stereocenters. The molecule has 0 radical (unpaired) electrons. The SMILES string of the molecule is O/N=C/I. The first-order valence-electron chi connectivity index (χ1n) is 0.676. The lowest BCUT2D eigenvalue weighted by Crippen LogP contribution is -1.42. The minimum atomic E-state index is 1.28. The first kappa shape index (κ1) is 4.20. The normalized spacial score (nSPS) is 9.25. The number of oxime groups is 1. The van der Waals surface area contributed by atoms with Crippen molar-refractivity contribution in [1.82, 2.24) is 0 Å². The lowest BCUT2D eigenvalue weighted by molar-refractivity contribution is 0.323. The number of hydrogen-bond donors (Lipinski definition) is 1. The van der Waals surface area contributed by atoms with Crippen molar-refractivity contribution < 1.29 is 5.21 Å². The van der Waals surface area contributed by atoms with Gasteiger partial charge in [-0.05, 0) is 22.6 Å². The zero-order valence-electron chi connectivity index (χ0n) is 1.85. The Morgan fingerprint density at radius 3 is 2.25 bits per heavy atom. The molecule has 3 heteroatoms. The van der Waals surface area contributed by atoms with Gasteiger partial charge < -0.3 is 5.21 Å². The van der Waals surface area contributed by atoms with Crippen LogP contribution in [0, 0.1) is 0 Å². The molecule has 0 heterocycles. The number of hydrogen-bond acceptors (Lipinski definition) is 2. The summed E-state index contributed by atoms with van der Waals surface area (Å²) in [5.74, 6) is 0. The highest BCUT2D eigenvalue weighted by Crippen LogP contribution is 1.62. The molecule has 0 aromatic heterocycles. The van der Waals surface area contributed by atoms with Gasteiger partial charge in [-0.1, -0.05) is 5.16 Å². The molecule has 1 N–H and O–H groups in total. The van der Waals surface area contributed by atoms with E-state index in [2.05, 4.69) is 5.16 Å². The Kier molecular flexibility index (Phi) is 3.36. The highest BCUT2D eigenvalue weighted by molar-refractivity contribution is 14.1. The highest BCUT2D eigenvalue weighted by atomic mass is 127. The molecular weight excluding hydrogens is 169 g/mol. The average Bonchev–Trinajstić information content (AvgIpc) is 1.37. The van der Waals surface area contributed by atoms with Crippen LogP contribution >= 0.6 is 22.6 Å². The minimum Gasteiger partial charge on any atom is -0.410 e. The van der Waals surface area contributed by atoms with Crippen molar-refractivity contribution >= 4 is 26.8 Å². The van der Waals surface area contributed by atoms with E-state index in [0.29, 0.717) is 0 Å². The largest absolute Gasteiger partial charge is 0.410 e. The Labute approximate surface area is 37.6 Å². The predicted molar refractivity (Wildman–Crippen MR) is 24.3 cm³/mol. The summed E-state index contributed by atoms with van der Waals surface area (Å²) in [6.45, 7) is 0. The molecule has 0 atom stereocenters. The Bertz CT molecular complexity index is 23.2. The summed E-state index contributed by atoms with van der Waals surface area (Å²) < 4.78 is 1.28. The van der Waals surface area contributed by atoms with Gasteiger partial charge in [-0.2, -0.15) is 0 Å². The summed E-state index contributed by atoms with van der Waals surface area (Å²) in [5, 5.41) is 10.0. The second-order valence-electron chi connectivity index (χ2n) is 0.213. The van der Waals surface area contributed by atoms with Crippen LogP contribution in [-0.2, 0) is 0 Å². The van der Waals surface area contributed by atoms with E-state index in [4.69, 9.17) is 5.21 Å². The van der Waals surface area contributed by atoms with E-state index in [-0.39, 0.29) is 0 Å². The molecule has 0 amide bonds. The van der Waals surface area contributed by atoms with Crippen molar-refractivity contribution in [2.24, 2.45) is 5.16 Å². The van der Waals surface area contributed by atoms with Crippen LogP contribution in [0.5, 0.6) is 0 Å². The van der Waals surface area contributed by atoms with E-state index in [1.165, 1.54) is 4.22 Å². The van der Waals surface area contributed by atoms with Gasteiger partial charge in [0.05, 0.1) is 0 Å². The third-order valence-electron chi connectivity index (χ3n) is 0.0436. The lowest BCUT2D eigenvalue weighted by Gasteiger charge is -1.52. The molecule has 0 bridgehead atoms. The Morgan fingerprint density at radius 2 is 2.25 bits per heavy atom. The topological polar surface area (TPSA) is 32.6 Å². The van der Waals surface area contributed by atoms with Crippen molar-refractivity contribution in [3.8, 4) is 0 Å². The fourth-order valence-corrected chi connectivity index (χ4v) is 0. The van der Waals surface area contributed by atoms with Gasteiger partial charge >= 0.3 is 0 Å². The van der Waals surface area contributed by atoms with E-state index in [1.54, 1.807) is 0 Å². The molecule has 0 spiro atoms. The first-order valence-corrected chi connectivity index (χ1v) is 1.92. The summed E-state index contributed by atoms with van der Waals surface area (Å²) in [4.78, 5) is 0. The van der Waals surface area contributed by atoms with Gasteiger partial charge in [-0.25, -0.2) is 0 Å². The summed E-state index contributed by atoms with van der Waals surface area (Å²) in [5.41, 5.74) is 0. The smallest absolute Gasteiger partial charge is 0.104 e. The number of nitrogens with zero attached hydrogens (tertiary/aromatic N) is 1. The molecule has 0 aliphatic heterocycles. The van der Waals surface area contributed by atoms with Crippen LogP contribution in [0.3, 0.4) is 0 Å². The fourth-order valence-electron chi connectivity index (χ4n) is 0. The first-order chi connectivity index (χ1) is 1.91. The zero-order valence-corrected chi connectivity index (χ0v) is 4.01. The Hall–Kier alpha value is 0.200. The van der Waals surface area contributed by atoms with Crippen molar-refractivity contribution in [1.29, 1.82) is 0 Å². The molecule has 0 aromatic carbocycles. The summed E-state index contributed by atoms with van der Waals surface area (Å²) >= 11 is 1.81. The summed E-state index contributed by atoms with van der Waals surface area (Å²) in [6.07, 6.45) is 0. The third kappa shape index (κ3) is 2.20. The maximum Gasteiger partial charge on any atom is 0.104 e. The maximum atomic E-state index is 7.44. The van der Waals surface area contributed by atoms with E-state index in [0.717, 1.165) is 0 Å². The fraction of sp³-hybridized carbons (Fsp3) is 0. The van der Waals surface area contributed by atoms with E-state index in [9.17, 15) is 0 Å². The second-order valence-corrected chi connectivity index (χ2v) is 0.770. The van der Waals surface area contributed by atoms with Crippen LogP contribution in [0.2, 0.25) is 0 Å². The van der Waals surface area contributed by atoms with Crippen LogP contribution in [0.15, 0.2) is 5.16 Å². The molecule has 0 saturated heterocycles. The van der Waals surface area contributed by atoms with Gasteiger partial charge in [-0.3, -0.25) is 0 Å². The average molecular weight is 171 g/mol. The molecule has 0 rings (SSSR count). The van der Waals surface area contributed by atoms with Crippen molar-refractivity contribution in [3.63, 3.8) is 0 Å². The Balaban J connectivity index is 2.55. The van der Waals surface area contributed by atoms with Crippen LogP contribution in [0.4, 0.5) is 0 Å². The maximum absolute atomic E-state index is 7.44. The van der Waals surface area contributed by atoms with Crippen LogP contribution < -0.4 is 0 Å². The molecule has 0 fully saturated rings. The van der Waals surface area contributed by atoms with Crippen molar-refractivity contribution in [2.75, 3.05) is 0 Å². The lowest BCUT2D eigenvalue weighted by atomic mass is 11.8. The molecule has 0 aromatic rings.